The van der Waals surface area contributed by atoms with E-state index >= 15 is 0 Å². The van der Waals surface area contributed by atoms with E-state index in [4.69, 9.17) is 5.73 Å². The monoisotopic (exact) mass is 282 g/mol. The number of nitrogens with two attached hydrogens (primary N) is 1. The Kier molecular flexibility index (Phi) is 3.69. The van der Waals surface area contributed by atoms with Crippen LogP contribution in [0.4, 0.5) is 5.69 Å². The fourth-order valence-corrected chi connectivity index (χ4v) is 2.75. The predicted molar refractivity (Wildman–Crippen MR) is 81.8 cm³/mol. The van der Waals surface area contributed by atoms with Crippen molar-refractivity contribution in [3.8, 4) is 5.69 Å². The summed E-state index contributed by atoms with van der Waals surface area (Å²) in [4.78, 5) is 9.11. The minimum absolute atomic E-state index is 0.729. The molecule has 0 spiro atoms. The summed E-state index contributed by atoms with van der Waals surface area (Å²) < 4.78 is 1.98. The molecule has 4 nitrogen and oxygen atoms in total. The molecular formula is C15H14N4S. The molecule has 3 aromatic rings. The summed E-state index contributed by atoms with van der Waals surface area (Å²) in [5.74, 6) is 0.887. The van der Waals surface area contributed by atoms with Gasteiger partial charge in [-0.15, -0.1) is 11.8 Å². The van der Waals surface area contributed by atoms with Gasteiger partial charge in [0.2, 0.25) is 0 Å². The van der Waals surface area contributed by atoms with Gasteiger partial charge in [-0.05, 0) is 23.8 Å². The lowest BCUT2D eigenvalue weighted by atomic mass is 10.2. The first-order valence-corrected chi connectivity index (χ1v) is 7.21. The normalized spacial score (nSPS) is 10.6. The molecule has 2 aromatic heterocycles. The number of hydrogen-bond acceptors (Lipinski definition) is 4. The summed E-state index contributed by atoms with van der Waals surface area (Å²) in [7, 11) is 0. The zero-order valence-electron chi connectivity index (χ0n) is 10.8. The zero-order valence-corrected chi connectivity index (χ0v) is 11.6. The molecular weight excluding hydrogens is 268 g/mol. The van der Waals surface area contributed by atoms with E-state index in [1.54, 1.807) is 36.7 Å². The number of anilines is 1. The summed E-state index contributed by atoms with van der Waals surface area (Å²) in [6.07, 6.45) is 8.95. The number of nitrogen functional groups attached to an aromatic ring is 1. The van der Waals surface area contributed by atoms with E-state index in [2.05, 4.69) is 34.2 Å². The van der Waals surface area contributed by atoms with Crippen LogP contribution in [0.25, 0.3) is 5.69 Å². The van der Waals surface area contributed by atoms with Gasteiger partial charge in [0.15, 0.2) is 0 Å². The number of nitrogens with zero attached hydrogens (tertiary/aromatic N) is 3. The molecule has 100 valence electrons. The maximum absolute atomic E-state index is 5.88. The van der Waals surface area contributed by atoms with Gasteiger partial charge in [-0.3, -0.25) is 4.98 Å². The fourth-order valence-electron chi connectivity index (χ4n) is 1.86. The quantitative estimate of drug-likeness (QED) is 0.747. The van der Waals surface area contributed by atoms with Crippen molar-refractivity contribution in [2.75, 3.05) is 5.73 Å². The van der Waals surface area contributed by atoms with Gasteiger partial charge in [0.1, 0.15) is 0 Å². The van der Waals surface area contributed by atoms with Gasteiger partial charge in [-0.1, -0.05) is 12.1 Å². The number of hydrogen-bond donors (Lipinski definition) is 1. The molecule has 3 rings (SSSR count). The SMILES string of the molecule is Nc1cnccc1SCc1ccc(-n2ccnc2)cc1. The van der Waals surface area contributed by atoms with Crippen molar-refractivity contribution in [2.24, 2.45) is 0 Å². The lowest BCUT2D eigenvalue weighted by Gasteiger charge is -2.06. The maximum Gasteiger partial charge on any atom is 0.0991 e. The standard InChI is InChI=1S/C15H14N4S/c16-14-9-17-6-5-15(14)20-10-12-1-3-13(4-2-12)19-8-7-18-11-19/h1-9,11H,10,16H2. The molecule has 0 aliphatic carbocycles. The summed E-state index contributed by atoms with van der Waals surface area (Å²) in [6, 6.07) is 10.4. The minimum atomic E-state index is 0.729. The Morgan fingerprint density at radius 2 is 1.90 bits per heavy atom. The second kappa shape index (κ2) is 5.79. The highest BCUT2D eigenvalue weighted by Crippen LogP contribution is 2.27. The molecule has 0 atom stereocenters. The number of thioether (sulfide) groups is 1. The first-order valence-electron chi connectivity index (χ1n) is 6.22. The largest absolute Gasteiger partial charge is 0.397 e. The highest BCUT2D eigenvalue weighted by Gasteiger charge is 2.01. The van der Waals surface area contributed by atoms with Crippen LogP contribution in [0.5, 0.6) is 0 Å². The summed E-state index contributed by atoms with van der Waals surface area (Å²) in [5, 5.41) is 0. The molecule has 0 saturated heterocycles. The van der Waals surface area contributed by atoms with Crippen LogP contribution >= 0.6 is 11.8 Å². The Hall–Kier alpha value is -2.27. The van der Waals surface area contributed by atoms with Crippen LogP contribution in [0.2, 0.25) is 0 Å². The number of aromatic nitrogens is 3. The molecule has 2 N–H and O–H groups in total. The minimum Gasteiger partial charge on any atom is -0.397 e. The van der Waals surface area contributed by atoms with Gasteiger partial charge in [0, 0.05) is 34.9 Å². The van der Waals surface area contributed by atoms with Crippen molar-refractivity contribution in [2.45, 2.75) is 10.6 Å². The molecule has 0 saturated carbocycles. The Morgan fingerprint density at radius 3 is 2.60 bits per heavy atom. The summed E-state index contributed by atoms with van der Waals surface area (Å²) >= 11 is 1.72. The average Bonchev–Trinajstić information content (AvgIpc) is 3.01. The fraction of sp³-hybridized carbons (Fsp3) is 0.0667. The van der Waals surface area contributed by atoms with Gasteiger partial charge >= 0.3 is 0 Å². The van der Waals surface area contributed by atoms with E-state index in [9.17, 15) is 0 Å². The second-order valence-electron chi connectivity index (χ2n) is 4.34. The smallest absolute Gasteiger partial charge is 0.0991 e. The van der Waals surface area contributed by atoms with E-state index in [-0.39, 0.29) is 0 Å². The van der Waals surface area contributed by atoms with Crippen LogP contribution in [0, 0.1) is 0 Å². The van der Waals surface area contributed by atoms with Crippen molar-refractivity contribution >= 4 is 17.4 Å². The van der Waals surface area contributed by atoms with E-state index in [0.29, 0.717) is 0 Å². The van der Waals surface area contributed by atoms with E-state index in [1.807, 2.05) is 16.8 Å². The predicted octanol–water partition coefficient (Wildman–Crippen LogP) is 3.14. The third-order valence-electron chi connectivity index (χ3n) is 2.94. The third-order valence-corrected chi connectivity index (χ3v) is 4.10. The van der Waals surface area contributed by atoms with Gasteiger partial charge in [-0.25, -0.2) is 4.98 Å². The molecule has 1 aromatic carbocycles. The van der Waals surface area contributed by atoms with Crippen LogP contribution in [-0.2, 0) is 5.75 Å². The highest BCUT2D eigenvalue weighted by molar-refractivity contribution is 7.98. The number of pyridine rings is 1. The zero-order chi connectivity index (χ0) is 13.8. The maximum atomic E-state index is 5.88. The van der Waals surface area contributed by atoms with Crippen molar-refractivity contribution in [3.05, 3.63) is 67.0 Å². The van der Waals surface area contributed by atoms with Crippen molar-refractivity contribution in [1.29, 1.82) is 0 Å². The average molecular weight is 282 g/mol. The van der Waals surface area contributed by atoms with Crippen molar-refractivity contribution < 1.29 is 0 Å². The van der Waals surface area contributed by atoms with Gasteiger partial charge in [0.25, 0.3) is 0 Å². The second-order valence-corrected chi connectivity index (χ2v) is 5.36. The van der Waals surface area contributed by atoms with E-state index in [1.165, 1.54) is 5.56 Å². The molecule has 0 radical (unpaired) electrons. The van der Waals surface area contributed by atoms with Gasteiger partial charge in [-0.2, -0.15) is 0 Å². The Bertz CT molecular complexity index is 677. The lowest BCUT2D eigenvalue weighted by Crippen LogP contribution is -1.91. The first-order chi connectivity index (χ1) is 9.83. The van der Waals surface area contributed by atoms with Crippen LogP contribution in [0.3, 0.4) is 0 Å². The van der Waals surface area contributed by atoms with Crippen LogP contribution < -0.4 is 5.73 Å². The number of benzene rings is 1. The molecule has 0 bridgehead atoms. The van der Waals surface area contributed by atoms with Crippen molar-refractivity contribution in [1.82, 2.24) is 14.5 Å². The molecule has 0 fully saturated rings. The van der Waals surface area contributed by atoms with Crippen LogP contribution in [0.1, 0.15) is 5.56 Å². The Labute approximate surface area is 121 Å². The molecule has 0 aliphatic rings. The Balaban J connectivity index is 1.68. The lowest BCUT2D eigenvalue weighted by molar-refractivity contribution is 1.05. The molecule has 0 amide bonds. The first kappa shape index (κ1) is 12.7. The van der Waals surface area contributed by atoms with E-state index < -0.39 is 0 Å². The number of imidazole rings is 1. The molecule has 0 unspecified atom stereocenters. The van der Waals surface area contributed by atoms with Gasteiger partial charge in [0.05, 0.1) is 18.2 Å². The topological polar surface area (TPSA) is 56.7 Å². The third kappa shape index (κ3) is 2.83. The molecule has 20 heavy (non-hydrogen) atoms. The molecule has 0 aliphatic heterocycles. The molecule has 2 heterocycles. The van der Waals surface area contributed by atoms with Crippen molar-refractivity contribution in [3.63, 3.8) is 0 Å². The Morgan fingerprint density at radius 1 is 1.05 bits per heavy atom. The number of rotatable bonds is 4. The molecule has 5 heteroatoms. The highest BCUT2D eigenvalue weighted by atomic mass is 32.2. The summed E-state index contributed by atoms with van der Waals surface area (Å²) in [6.45, 7) is 0. The van der Waals surface area contributed by atoms with E-state index in [0.717, 1.165) is 22.0 Å². The summed E-state index contributed by atoms with van der Waals surface area (Å²) in [5.41, 5.74) is 8.98. The van der Waals surface area contributed by atoms with Gasteiger partial charge < -0.3 is 10.3 Å². The van der Waals surface area contributed by atoms with Crippen LogP contribution in [-0.4, -0.2) is 14.5 Å². The van der Waals surface area contributed by atoms with Crippen LogP contribution in [0.15, 0.2) is 66.3 Å².